The molecule has 9 heteroatoms. The van der Waals surface area contributed by atoms with Crippen LogP contribution in [0.5, 0.6) is 0 Å². The van der Waals surface area contributed by atoms with Crippen molar-refractivity contribution in [2.45, 2.75) is 38.2 Å². The molecule has 0 atom stereocenters. The molecule has 0 fully saturated rings. The quantitative estimate of drug-likeness (QED) is 0.417. The molecule has 4 rings (SSSR count). The van der Waals surface area contributed by atoms with Crippen molar-refractivity contribution in [3.05, 3.63) is 65.8 Å². The number of nitrogens with zero attached hydrogens (tertiary/aromatic N) is 2. The molecule has 0 spiro atoms. The number of rotatable bonds is 4. The van der Waals surface area contributed by atoms with Gasteiger partial charge in [0.15, 0.2) is 5.65 Å². The first-order chi connectivity index (χ1) is 15.0. The molecule has 0 radical (unpaired) electrons. The smallest absolute Gasteiger partial charge is 0.412 e. The van der Waals surface area contributed by atoms with Crippen LogP contribution in [0.1, 0.15) is 26.3 Å². The van der Waals surface area contributed by atoms with Gasteiger partial charge in [-0.05, 0) is 69.2 Å². The molecule has 0 aliphatic heterocycles. The Kier molecular flexibility index (Phi) is 5.56. The Morgan fingerprint density at radius 1 is 1.12 bits per heavy atom. The van der Waals surface area contributed by atoms with Crippen LogP contribution in [0.25, 0.3) is 22.2 Å². The number of hydrogen-bond acceptors (Lipinski definition) is 6. The lowest BCUT2D eigenvalue weighted by atomic mass is 10.1. The Morgan fingerprint density at radius 2 is 1.84 bits per heavy atom. The van der Waals surface area contributed by atoms with E-state index in [2.05, 4.69) is 10.3 Å². The van der Waals surface area contributed by atoms with E-state index in [0.717, 1.165) is 16.7 Å². The summed E-state index contributed by atoms with van der Waals surface area (Å²) in [4.78, 5) is 16.6. The Balaban J connectivity index is 1.68. The molecule has 0 unspecified atom stereocenters. The molecule has 166 valence electrons. The SMILES string of the molecule is Cc1ccc(S(=O)(=O)n2ccc3c(-c4csc(NC(=O)OC(C)(C)C)c4)ccnc32)cc1. The highest BCUT2D eigenvalue weighted by molar-refractivity contribution is 7.90. The summed E-state index contributed by atoms with van der Waals surface area (Å²) in [5, 5.41) is 5.96. The van der Waals surface area contributed by atoms with Gasteiger partial charge in [-0.15, -0.1) is 11.3 Å². The molecular weight excluding hydrogens is 446 g/mol. The molecule has 0 aliphatic rings. The Hall–Kier alpha value is -3.17. The first-order valence-corrected chi connectivity index (χ1v) is 12.2. The number of benzene rings is 1. The van der Waals surface area contributed by atoms with E-state index in [1.165, 1.54) is 21.5 Å². The van der Waals surface area contributed by atoms with Crippen molar-refractivity contribution in [2.24, 2.45) is 0 Å². The van der Waals surface area contributed by atoms with E-state index in [0.29, 0.717) is 16.0 Å². The Morgan fingerprint density at radius 3 is 2.53 bits per heavy atom. The summed E-state index contributed by atoms with van der Waals surface area (Å²) in [5.74, 6) is 0. The van der Waals surface area contributed by atoms with Gasteiger partial charge < -0.3 is 4.74 Å². The number of pyridine rings is 1. The molecule has 7 nitrogen and oxygen atoms in total. The normalized spacial score (nSPS) is 12.1. The maximum Gasteiger partial charge on any atom is 0.412 e. The number of aryl methyl sites for hydroxylation is 1. The number of nitrogens with one attached hydrogen (secondary N) is 1. The highest BCUT2D eigenvalue weighted by Crippen LogP contribution is 2.34. The van der Waals surface area contributed by atoms with Gasteiger partial charge in [-0.25, -0.2) is 22.2 Å². The fourth-order valence-corrected chi connectivity index (χ4v) is 5.32. The lowest BCUT2D eigenvalue weighted by Gasteiger charge is -2.19. The second-order valence-electron chi connectivity index (χ2n) is 8.35. The van der Waals surface area contributed by atoms with Crippen LogP contribution in [-0.2, 0) is 14.8 Å². The maximum absolute atomic E-state index is 13.2. The van der Waals surface area contributed by atoms with Crippen LogP contribution in [0.4, 0.5) is 9.80 Å². The maximum atomic E-state index is 13.2. The van der Waals surface area contributed by atoms with Gasteiger partial charge in [-0.2, -0.15) is 0 Å². The average Bonchev–Trinajstić information content (AvgIpc) is 3.34. The lowest BCUT2D eigenvalue weighted by Crippen LogP contribution is -2.26. The van der Waals surface area contributed by atoms with Crippen molar-refractivity contribution in [1.29, 1.82) is 0 Å². The summed E-state index contributed by atoms with van der Waals surface area (Å²) in [5.41, 5.74) is 2.40. The number of carbonyl (C=O) groups is 1. The third kappa shape index (κ3) is 4.39. The molecule has 1 amide bonds. The molecule has 1 N–H and O–H groups in total. The fraction of sp³-hybridized carbons (Fsp3) is 0.217. The second-order valence-corrected chi connectivity index (χ2v) is 11.1. The number of ether oxygens (including phenoxy) is 1. The fourth-order valence-electron chi connectivity index (χ4n) is 3.23. The van der Waals surface area contributed by atoms with Crippen molar-refractivity contribution in [2.75, 3.05) is 5.32 Å². The number of thiophene rings is 1. The number of amides is 1. The van der Waals surface area contributed by atoms with Gasteiger partial charge in [0.25, 0.3) is 10.0 Å². The highest BCUT2D eigenvalue weighted by Gasteiger charge is 2.21. The van der Waals surface area contributed by atoms with Gasteiger partial charge in [-0.3, -0.25) is 5.32 Å². The van der Waals surface area contributed by atoms with Gasteiger partial charge in [0.2, 0.25) is 0 Å². The third-order valence-corrected chi connectivity index (χ3v) is 7.19. The number of carbonyl (C=O) groups excluding carboxylic acids is 1. The third-order valence-electron chi connectivity index (χ3n) is 4.67. The predicted molar refractivity (Wildman–Crippen MR) is 127 cm³/mol. The van der Waals surface area contributed by atoms with Crippen molar-refractivity contribution >= 4 is 43.5 Å². The molecule has 4 aromatic rings. The van der Waals surface area contributed by atoms with Gasteiger partial charge >= 0.3 is 6.09 Å². The molecule has 0 saturated carbocycles. The molecule has 3 heterocycles. The van der Waals surface area contributed by atoms with Gasteiger partial charge in [-0.1, -0.05) is 17.7 Å². The average molecular weight is 470 g/mol. The number of hydrogen-bond donors (Lipinski definition) is 1. The largest absolute Gasteiger partial charge is 0.444 e. The van der Waals surface area contributed by atoms with Gasteiger partial charge in [0, 0.05) is 23.2 Å². The second kappa shape index (κ2) is 8.07. The first-order valence-electron chi connectivity index (χ1n) is 9.92. The molecule has 0 aliphatic carbocycles. The number of aromatic nitrogens is 2. The van der Waals surface area contributed by atoms with E-state index < -0.39 is 21.7 Å². The molecule has 3 aromatic heterocycles. The summed E-state index contributed by atoms with van der Waals surface area (Å²) in [7, 11) is -3.78. The van der Waals surface area contributed by atoms with E-state index in [9.17, 15) is 13.2 Å². The molecule has 1 aromatic carbocycles. The van der Waals surface area contributed by atoms with Crippen LogP contribution >= 0.6 is 11.3 Å². The van der Waals surface area contributed by atoms with Crippen LogP contribution in [0, 0.1) is 6.92 Å². The van der Waals surface area contributed by atoms with E-state index in [4.69, 9.17) is 4.74 Å². The van der Waals surface area contributed by atoms with Crippen molar-refractivity contribution in [3.8, 4) is 11.1 Å². The van der Waals surface area contributed by atoms with E-state index in [-0.39, 0.29) is 4.90 Å². The molecular formula is C23H23N3O4S2. The molecule has 0 saturated heterocycles. The zero-order valence-corrected chi connectivity index (χ0v) is 19.8. The number of fused-ring (bicyclic) bond motifs is 1. The summed E-state index contributed by atoms with van der Waals surface area (Å²) in [6.07, 6.45) is 2.57. The van der Waals surface area contributed by atoms with Crippen LogP contribution in [0.3, 0.4) is 0 Å². The predicted octanol–water partition coefficient (Wildman–Crippen LogP) is 5.66. The zero-order valence-electron chi connectivity index (χ0n) is 18.1. The molecule has 0 bridgehead atoms. The van der Waals surface area contributed by atoms with Crippen LogP contribution in [0.15, 0.2) is 65.1 Å². The van der Waals surface area contributed by atoms with Gasteiger partial charge in [0.1, 0.15) is 5.60 Å². The number of anilines is 1. The van der Waals surface area contributed by atoms with Crippen LogP contribution in [0.2, 0.25) is 0 Å². The van der Waals surface area contributed by atoms with E-state index in [1.807, 2.05) is 24.4 Å². The summed E-state index contributed by atoms with van der Waals surface area (Å²) < 4.78 is 32.8. The lowest BCUT2D eigenvalue weighted by molar-refractivity contribution is 0.0636. The topological polar surface area (TPSA) is 90.3 Å². The zero-order chi connectivity index (χ0) is 23.1. The minimum absolute atomic E-state index is 0.201. The van der Waals surface area contributed by atoms with Crippen molar-refractivity contribution in [1.82, 2.24) is 8.96 Å². The monoisotopic (exact) mass is 469 g/mol. The first kappa shape index (κ1) is 22.0. The standard InChI is InChI=1S/C23H23N3O4S2/c1-15-5-7-17(8-6-15)32(28,29)26-12-10-19-18(9-11-24-21(19)26)16-13-20(31-14-16)25-22(27)30-23(2,3)4/h5-14H,1-4H3,(H,25,27). The minimum Gasteiger partial charge on any atom is -0.444 e. The van der Waals surface area contributed by atoms with Crippen molar-refractivity contribution in [3.63, 3.8) is 0 Å². The summed E-state index contributed by atoms with van der Waals surface area (Å²) in [6, 6.07) is 12.1. The van der Waals surface area contributed by atoms with Crippen LogP contribution < -0.4 is 5.32 Å². The van der Waals surface area contributed by atoms with E-state index in [1.54, 1.807) is 57.3 Å². The van der Waals surface area contributed by atoms with Gasteiger partial charge in [0.05, 0.1) is 9.90 Å². The molecule has 32 heavy (non-hydrogen) atoms. The Bertz CT molecular complexity index is 1400. The minimum atomic E-state index is -3.78. The Labute approximate surface area is 190 Å². The summed E-state index contributed by atoms with van der Waals surface area (Å²) >= 11 is 1.36. The highest BCUT2D eigenvalue weighted by atomic mass is 32.2. The van der Waals surface area contributed by atoms with E-state index >= 15 is 0 Å². The van der Waals surface area contributed by atoms with Crippen molar-refractivity contribution < 1.29 is 17.9 Å². The van der Waals surface area contributed by atoms with Crippen LogP contribution in [-0.4, -0.2) is 29.1 Å². The summed E-state index contributed by atoms with van der Waals surface area (Å²) in [6.45, 7) is 7.31.